The molecule has 0 aromatic heterocycles. The van der Waals surface area contributed by atoms with Crippen LogP contribution >= 0.6 is 0 Å². The van der Waals surface area contributed by atoms with Gasteiger partial charge in [0.2, 0.25) is 0 Å². The normalized spacial score (nSPS) is 51.0. The van der Waals surface area contributed by atoms with Gasteiger partial charge in [-0.05, 0) is 68.3 Å². The molecule has 4 aliphatic rings. The third kappa shape index (κ3) is 1.70. The van der Waals surface area contributed by atoms with Crippen LogP contribution in [0.4, 0.5) is 0 Å². The maximum Gasteiger partial charge on any atom is 0.159 e. The van der Waals surface area contributed by atoms with E-state index in [2.05, 4.69) is 6.92 Å². The van der Waals surface area contributed by atoms with Crippen LogP contribution in [0, 0.1) is 29.1 Å². The zero-order valence-electron chi connectivity index (χ0n) is 12.5. The predicted molar refractivity (Wildman–Crippen MR) is 79.5 cm³/mol. The molecule has 3 saturated carbocycles. The van der Waals surface area contributed by atoms with Gasteiger partial charge < -0.3 is 5.11 Å². The first-order chi connectivity index (χ1) is 9.59. The van der Waals surface area contributed by atoms with Gasteiger partial charge >= 0.3 is 0 Å². The van der Waals surface area contributed by atoms with Gasteiger partial charge in [-0.2, -0.15) is 0 Å². The van der Waals surface area contributed by atoms with Crippen LogP contribution < -0.4 is 0 Å². The molecule has 4 aliphatic carbocycles. The highest BCUT2D eigenvalue weighted by atomic mass is 16.3. The zero-order chi connectivity index (χ0) is 13.9. The first-order valence-corrected chi connectivity index (χ1v) is 8.54. The molecule has 0 heterocycles. The van der Waals surface area contributed by atoms with Gasteiger partial charge in [-0.15, -0.1) is 0 Å². The Hall–Kier alpha value is -0.630. The van der Waals surface area contributed by atoms with E-state index in [1.807, 2.05) is 6.08 Å². The average Bonchev–Trinajstić information content (AvgIpc) is 2.74. The summed E-state index contributed by atoms with van der Waals surface area (Å²) in [5.74, 6) is 3.54. The fourth-order valence-corrected chi connectivity index (χ4v) is 6.18. The van der Waals surface area contributed by atoms with Crippen molar-refractivity contribution in [3.63, 3.8) is 0 Å². The van der Waals surface area contributed by atoms with E-state index in [9.17, 15) is 4.79 Å². The number of carbonyl (C=O) groups excluding carboxylic acids is 1. The van der Waals surface area contributed by atoms with Crippen molar-refractivity contribution in [3.05, 3.63) is 11.6 Å². The first kappa shape index (κ1) is 13.1. The van der Waals surface area contributed by atoms with E-state index < -0.39 is 0 Å². The van der Waals surface area contributed by atoms with E-state index in [4.69, 9.17) is 5.11 Å². The average molecular weight is 275 g/mol. The van der Waals surface area contributed by atoms with Crippen LogP contribution in [0.5, 0.6) is 0 Å². The van der Waals surface area contributed by atoms with Gasteiger partial charge in [-0.1, -0.05) is 12.5 Å². The molecule has 6 unspecified atom stereocenters. The van der Waals surface area contributed by atoms with Crippen molar-refractivity contribution in [2.45, 2.75) is 64.4 Å². The maximum atomic E-state index is 11.7. The van der Waals surface area contributed by atoms with E-state index in [-0.39, 0.29) is 6.10 Å². The number of fused-ring (bicyclic) bond motifs is 5. The molecule has 0 amide bonds. The van der Waals surface area contributed by atoms with Gasteiger partial charge in [0.15, 0.2) is 11.9 Å². The number of hydrogen-bond acceptors (Lipinski definition) is 1. The molecule has 2 nitrogen and oxygen atoms in total. The van der Waals surface area contributed by atoms with E-state index in [0.717, 1.165) is 43.4 Å². The second-order valence-electron chi connectivity index (χ2n) is 7.98. The molecule has 20 heavy (non-hydrogen) atoms. The van der Waals surface area contributed by atoms with Gasteiger partial charge in [0.05, 0.1) is 0 Å². The summed E-state index contributed by atoms with van der Waals surface area (Å²) in [7, 11) is 0. The third-order valence-corrected chi connectivity index (χ3v) is 7.30. The third-order valence-electron chi connectivity index (χ3n) is 7.30. The Bertz CT molecular complexity index is 466. The highest BCUT2D eigenvalue weighted by Crippen LogP contribution is 2.61. The minimum absolute atomic E-state index is 0.179. The molecule has 2 heteroatoms. The molecule has 0 saturated heterocycles. The Balaban J connectivity index is 1.63. The summed E-state index contributed by atoms with van der Waals surface area (Å²) in [6, 6.07) is 0. The van der Waals surface area contributed by atoms with Crippen molar-refractivity contribution in [1.82, 2.24) is 0 Å². The van der Waals surface area contributed by atoms with Gasteiger partial charge in [0, 0.05) is 18.3 Å². The van der Waals surface area contributed by atoms with Crippen molar-refractivity contribution >= 4 is 5.78 Å². The minimum atomic E-state index is 0.179. The Kier molecular flexibility index (Phi) is 2.89. The largest absolute Gasteiger partial charge is 0.443 e. The Morgan fingerprint density at radius 3 is 2.80 bits per heavy atom. The summed E-state index contributed by atoms with van der Waals surface area (Å²) in [6.45, 7) is 2.40. The lowest BCUT2D eigenvalue weighted by atomic mass is 9.52. The molecule has 0 aliphatic heterocycles. The van der Waals surface area contributed by atoms with E-state index in [1.165, 1.54) is 31.3 Å². The maximum absolute atomic E-state index is 11.7. The van der Waals surface area contributed by atoms with E-state index in [0.29, 0.717) is 17.1 Å². The van der Waals surface area contributed by atoms with Gasteiger partial charge in [0.1, 0.15) is 0 Å². The Morgan fingerprint density at radius 1 is 1.10 bits per heavy atom. The predicted octanol–water partition coefficient (Wildman–Crippen LogP) is 3.22. The summed E-state index contributed by atoms with van der Waals surface area (Å²) in [5, 5.41) is 8.41. The van der Waals surface area contributed by atoms with Crippen molar-refractivity contribution in [2.24, 2.45) is 29.1 Å². The monoisotopic (exact) mass is 275 g/mol. The summed E-state index contributed by atoms with van der Waals surface area (Å²) < 4.78 is 0. The Morgan fingerprint density at radius 2 is 1.95 bits per heavy atom. The second kappa shape index (κ2) is 4.43. The lowest BCUT2D eigenvalue weighted by molar-refractivity contribution is -0.116. The molecular weight excluding hydrogens is 248 g/mol. The van der Waals surface area contributed by atoms with Crippen molar-refractivity contribution in [1.29, 1.82) is 0 Å². The standard InChI is InChI=1S/C18H26O2/c1-18-9-8-14-13-5-3-12(19)10-11(13)2-4-15(14)16(18)6-7-17(18)20/h10,13-17,20H,2-9H2,1H3/p+1. The summed E-state index contributed by atoms with van der Waals surface area (Å²) in [6.07, 6.45) is 11.5. The molecular formula is C18H27O2+. The highest BCUT2D eigenvalue weighted by molar-refractivity contribution is 5.91. The number of hydrogen-bond donors (Lipinski definition) is 0. The molecule has 0 bridgehead atoms. The smallest absolute Gasteiger partial charge is 0.159 e. The molecule has 0 aromatic carbocycles. The molecule has 110 valence electrons. The number of rotatable bonds is 0. The molecule has 6 atom stereocenters. The lowest BCUT2D eigenvalue weighted by Crippen LogP contribution is -2.47. The van der Waals surface area contributed by atoms with Gasteiger partial charge in [-0.25, -0.2) is 0 Å². The summed E-state index contributed by atoms with van der Waals surface area (Å²) in [5.41, 5.74) is 1.78. The van der Waals surface area contributed by atoms with Crippen LogP contribution in [-0.2, 0) is 4.79 Å². The number of ketones is 1. The highest BCUT2D eigenvalue weighted by Gasteiger charge is 2.57. The van der Waals surface area contributed by atoms with Crippen molar-refractivity contribution in [3.8, 4) is 0 Å². The van der Waals surface area contributed by atoms with Crippen LogP contribution in [0.1, 0.15) is 58.3 Å². The molecule has 0 aromatic rings. The summed E-state index contributed by atoms with van der Waals surface area (Å²) >= 11 is 0. The molecule has 2 N–H and O–H groups in total. The van der Waals surface area contributed by atoms with Crippen LogP contribution in [0.15, 0.2) is 11.6 Å². The van der Waals surface area contributed by atoms with Gasteiger partial charge in [-0.3, -0.25) is 4.79 Å². The van der Waals surface area contributed by atoms with Crippen molar-refractivity contribution in [2.75, 3.05) is 0 Å². The lowest BCUT2D eigenvalue weighted by Gasteiger charge is -2.52. The molecule has 3 fully saturated rings. The van der Waals surface area contributed by atoms with Gasteiger partial charge in [0.25, 0.3) is 0 Å². The van der Waals surface area contributed by atoms with Crippen molar-refractivity contribution < 1.29 is 9.90 Å². The Labute approximate surface area is 121 Å². The first-order valence-electron chi connectivity index (χ1n) is 8.54. The van der Waals surface area contributed by atoms with Crippen LogP contribution in [0.2, 0.25) is 0 Å². The minimum Gasteiger partial charge on any atom is -0.443 e. The number of carbonyl (C=O) groups is 1. The second-order valence-corrected chi connectivity index (χ2v) is 7.98. The summed E-state index contributed by atoms with van der Waals surface area (Å²) in [4.78, 5) is 11.7. The SMILES string of the molecule is CC12CCC3C4CCC(=O)C=C4CCC3C1CCC2[OH2+]. The fraction of sp³-hybridized carbons (Fsp3) is 0.833. The molecule has 4 rings (SSSR count). The van der Waals surface area contributed by atoms with E-state index in [1.54, 1.807) is 0 Å². The molecule has 0 radical (unpaired) electrons. The van der Waals surface area contributed by atoms with Crippen LogP contribution in [0.25, 0.3) is 0 Å². The van der Waals surface area contributed by atoms with Crippen LogP contribution in [0.3, 0.4) is 0 Å². The zero-order valence-corrected chi connectivity index (χ0v) is 12.5. The van der Waals surface area contributed by atoms with Crippen LogP contribution in [-0.4, -0.2) is 17.0 Å². The molecule has 0 spiro atoms. The topological polar surface area (TPSA) is 40.0 Å². The van der Waals surface area contributed by atoms with E-state index >= 15 is 0 Å². The number of allylic oxidation sites excluding steroid dienone is 1. The fourth-order valence-electron chi connectivity index (χ4n) is 6.18. The quantitative estimate of drug-likeness (QED) is 0.626.